The van der Waals surface area contributed by atoms with Gasteiger partial charge in [0.25, 0.3) is 0 Å². The molecular weight excluding hydrogens is 154 g/mol. The molecule has 0 N–H and O–H groups in total. The van der Waals surface area contributed by atoms with Gasteiger partial charge in [0, 0.05) is 17.8 Å². The van der Waals surface area contributed by atoms with Gasteiger partial charge in [-0.25, -0.2) is 4.79 Å². The number of hydrogen-bond acceptors (Lipinski definition) is 2. The molecular formula is C9H13NO2. The Kier molecular flexibility index (Phi) is 2.22. The summed E-state index contributed by atoms with van der Waals surface area (Å²) in [5.41, 5.74) is 0.0323. The van der Waals surface area contributed by atoms with Crippen LogP contribution in [-0.4, -0.2) is 18.1 Å². The van der Waals surface area contributed by atoms with Gasteiger partial charge in [0.05, 0.1) is 7.11 Å². The van der Waals surface area contributed by atoms with Gasteiger partial charge in [-0.05, 0) is 0 Å². The van der Waals surface area contributed by atoms with Crippen molar-refractivity contribution in [2.24, 2.45) is 5.41 Å². The molecule has 1 aliphatic heterocycles. The zero-order valence-electron chi connectivity index (χ0n) is 7.57. The molecule has 3 heteroatoms. The van der Waals surface area contributed by atoms with Crippen molar-refractivity contribution in [3.63, 3.8) is 0 Å². The van der Waals surface area contributed by atoms with Crippen LogP contribution in [0.2, 0.25) is 0 Å². The van der Waals surface area contributed by atoms with Gasteiger partial charge in [-0.2, -0.15) is 0 Å². The normalized spacial score (nSPS) is 19.4. The van der Waals surface area contributed by atoms with Crippen LogP contribution in [0.4, 0.5) is 4.79 Å². The van der Waals surface area contributed by atoms with Crippen LogP contribution in [0, 0.1) is 5.41 Å². The SMILES string of the molecule is COC(=O)N1C=CC(C)(C)C=C1. The van der Waals surface area contributed by atoms with Gasteiger partial charge in [-0.15, -0.1) is 0 Å². The number of rotatable bonds is 0. The molecule has 0 aliphatic carbocycles. The molecule has 0 saturated heterocycles. The van der Waals surface area contributed by atoms with Crippen LogP contribution in [0.3, 0.4) is 0 Å². The third kappa shape index (κ3) is 1.87. The number of carbonyl (C=O) groups excluding carboxylic acids is 1. The zero-order valence-corrected chi connectivity index (χ0v) is 7.57. The van der Waals surface area contributed by atoms with Crippen LogP contribution in [0.25, 0.3) is 0 Å². The van der Waals surface area contributed by atoms with Crippen LogP contribution in [0.15, 0.2) is 24.6 Å². The predicted octanol–water partition coefficient (Wildman–Crippen LogP) is 2.12. The monoisotopic (exact) mass is 167 g/mol. The summed E-state index contributed by atoms with van der Waals surface area (Å²) in [6.07, 6.45) is 6.96. The first-order chi connectivity index (χ1) is 5.55. The molecule has 0 bridgehead atoms. The van der Waals surface area contributed by atoms with E-state index in [9.17, 15) is 4.79 Å². The second kappa shape index (κ2) is 3.01. The van der Waals surface area contributed by atoms with Crippen molar-refractivity contribution in [1.29, 1.82) is 0 Å². The van der Waals surface area contributed by atoms with Gasteiger partial charge < -0.3 is 4.74 Å². The van der Waals surface area contributed by atoms with E-state index in [1.807, 2.05) is 12.2 Å². The lowest BCUT2D eigenvalue weighted by molar-refractivity contribution is 0.150. The molecule has 1 aliphatic rings. The van der Waals surface area contributed by atoms with E-state index < -0.39 is 0 Å². The Morgan fingerprint density at radius 3 is 2.25 bits per heavy atom. The van der Waals surface area contributed by atoms with Crippen molar-refractivity contribution >= 4 is 6.09 Å². The molecule has 0 aromatic carbocycles. The summed E-state index contributed by atoms with van der Waals surface area (Å²) in [7, 11) is 1.36. The van der Waals surface area contributed by atoms with E-state index in [1.54, 1.807) is 12.4 Å². The zero-order chi connectivity index (χ0) is 9.19. The average Bonchev–Trinajstić information content (AvgIpc) is 2.03. The topological polar surface area (TPSA) is 29.5 Å². The van der Waals surface area contributed by atoms with Gasteiger partial charge in [0.2, 0.25) is 0 Å². The largest absolute Gasteiger partial charge is 0.452 e. The van der Waals surface area contributed by atoms with Crippen LogP contribution in [0.1, 0.15) is 13.8 Å². The second-order valence-corrected chi connectivity index (χ2v) is 3.33. The number of hydrogen-bond donors (Lipinski definition) is 0. The highest BCUT2D eigenvalue weighted by molar-refractivity contribution is 5.70. The fourth-order valence-corrected chi connectivity index (χ4v) is 0.877. The molecule has 1 amide bonds. The maximum atomic E-state index is 11.0. The third-order valence-electron chi connectivity index (χ3n) is 1.71. The Morgan fingerprint density at radius 1 is 1.33 bits per heavy atom. The molecule has 1 heterocycles. The fraction of sp³-hybridized carbons (Fsp3) is 0.444. The number of allylic oxidation sites excluding steroid dienone is 2. The van der Waals surface area contributed by atoms with Crippen LogP contribution >= 0.6 is 0 Å². The summed E-state index contributed by atoms with van der Waals surface area (Å²) in [4.78, 5) is 12.4. The molecule has 0 radical (unpaired) electrons. The van der Waals surface area contributed by atoms with Crippen molar-refractivity contribution < 1.29 is 9.53 Å². The van der Waals surface area contributed by atoms with E-state index in [-0.39, 0.29) is 11.5 Å². The van der Waals surface area contributed by atoms with Gasteiger partial charge in [0.1, 0.15) is 0 Å². The molecule has 12 heavy (non-hydrogen) atoms. The molecule has 3 nitrogen and oxygen atoms in total. The summed E-state index contributed by atoms with van der Waals surface area (Å²) in [5, 5.41) is 0. The van der Waals surface area contributed by atoms with E-state index in [4.69, 9.17) is 0 Å². The molecule has 0 aromatic rings. The number of methoxy groups -OCH3 is 1. The summed E-state index contributed by atoms with van der Waals surface area (Å²) < 4.78 is 4.54. The van der Waals surface area contributed by atoms with Crippen LogP contribution in [0.5, 0.6) is 0 Å². The van der Waals surface area contributed by atoms with E-state index in [2.05, 4.69) is 18.6 Å². The summed E-state index contributed by atoms with van der Waals surface area (Å²) in [5.74, 6) is 0. The second-order valence-electron chi connectivity index (χ2n) is 3.33. The maximum absolute atomic E-state index is 11.0. The average molecular weight is 167 g/mol. The van der Waals surface area contributed by atoms with E-state index in [0.29, 0.717) is 0 Å². The molecule has 0 saturated carbocycles. The lowest BCUT2D eigenvalue weighted by atomic mass is 9.92. The Morgan fingerprint density at radius 2 is 1.83 bits per heavy atom. The Bertz CT molecular complexity index is 225. The predicted molar refractivity (Wildman–Crippen MR) is 46.3 cm³/mol. The van der Waals surface area contributed by atoms with Crippen molar-refractivity contribution in [2.45, 2.75) is 13.8 Å². The summed E-state index contributed by atoms with van der Waals surface area (Å²) in [6.45, 7) is 4.13. The standard InChI is InChI=1S/C9H13NO2/c1-9(2)4-6-10(7-5-9)8(11)12-3/h4-7H,1-3H3. The first-order valence-electron chi connectivity index (χ1n) is 3.80. The number of amides is 1. The maximum Gasteiger partial charge on any atom is 0.417 e. The van der Waals surface area contributed by atoms with Crippen molar-refractivity contribution in [3.05, 3.63) is 24.6 Å². The summed E-state index contributed by atoms with van der Waals surface area (Å²) >= 11 is 0. The Hall–Kier alpha value is -1.25. The number of carbonyl (C=O) groups is 1. The fourth-order valence-electron chi connectivity index (χ4n) is 0.877. The van der Waals surface area contributed by atoms with Crippen molar-refractivity contribution in [3.8, 4) is 0 Å². The quantitative estimate of drug-likeness (QED) is 0.553. The highest BCUT2D eigenvalue weighted by Gasteiger charge is 2.17. The minimum atomic E-state index is -0.363. The molecule has 0 unspecified atom stereocenters. The van der Waals surface area contributed by atoms with Gasteiger partial charge in [-0.3, -0.25) is 4.90 Å². The highest BCUT2D eigenvalue weighted by atomic mass is 16.5. The van der Waals surface area contributed by atoms with Gasteiger partial charge >= 0.3 is 6.09 Å². The lowest BCUT2D eigenvalue weighted by Gasteiger charge is -2.23. The van der Waals surface area contributed by atoms with Crippen molar-refractivity contribution in [2.75, 3.05) is 7.11 Å². The lowest BCUT2D eigenvalue weighted by Crippen LogP contribution is -2.24. The first kappa shape index (κ1) is 8.84. The Balaban J connectivity index is 2.67. The number of ether oxygens (including phenoxy) is 1. The van der Waals surface area contributed by atoms with Crippen LogP contribution in [-0.2, 0) is 4.74 Å². The molecule has 1 rings (SSSR count). The summed E-state index contributed by atoms with van der Waals surface area (Å²) in [6, 6.07) is 0. The molecule has 0 atom stereocenters. The minimum Gasteiger partial charge on any atom is -0.452 e. The molecule has 0 spiro atoms. The third-order valence-corrected chi connectivity index (χ3v) is 1.71. The first-order valence-corrected chi connectivity index (χ1v) is 3.80. The smallest absolute Gasteiger partial charge is 0.417 e. The van der Waals surface area contributed by atoms with E-state index >= 15 is 0 Å². The van der Waals surface area contributed by atoms with Crippen molar-refractivity contribution in [1.82, 2.24) is 4.90 Å². The molecule has 66 valence electrons. The van der Waals surface area contributed by atoms with Crippen LogP contribution < -0.4 is 0 Å². The number of nitrogens with zero attached hydrogens (tertiary/aromatic N) is 1. The minimum absolute atomic E-state index is 0.0323. The molecule has 0 fully saturated rings. The van der Waals surface area contributed by atoms with E-state index in [1.165, 1.54) is 12.0 Å². The van der Waals surface area contributed by atoms with Gasteiger partial charge in [-0.1, -0.05) is 26.0 Å². The van der Waals surface area contributed by atoms with Gasteiger partial charge in [0.15, 0.2) is 0 Å². The molecule has 0 aromatic heterocycles. The highest BCUT2D eigenvalue weighted by Crippen LogP contribution is 2.23. The Labute approximate surface area is 72.3 Å². The van der Waals surface area contributed by atoms with E-state index in [0.717, 1.165) is 0 Å².